The Hall–Kier alpha value is -1.42. The Bertz CT molecular complexity index is 310. The van der Waals surface area contributed by atoms with Crippen LogP contribution in [0.15, 0.2) is 29.4 Å². The second kappa shape index (κ2) is 5.46. The lowest BCUT2D eigenvalue weighted by Gasteiger charge is -2.13. The fourth-order valence-corrected chi connectivity index (χ4v) is 1.58. The molecule has 2 rings (SSSR count). The molecule has 2 heterocycles. The van der Waals surface area contributed by atoms with Crippen LogP contribution >= 0.6 is 0 Å². The summed E-state index contributed by atoms with van der Waals surface area (Å²) in [5, 5.41) is 2.04. The first-order valence-electron chi connectivity index (χ1n) is 5.35. The highest BCUT2D eigenvalue weighted by Gasteiger charge is 2.02. The summed E-state index contributed by atoms with van der Waals surface area (Å²) < 4.78 is 0. The van der Waals surface area contributed by atoms with E-state index in [9.17, 15) is 0 Å². The lowest BCUT2D eigenvalue weighted by Crippen LogP contribution is -2.32. The lowest BCUT2D eigenvalue weighted by atomic mass is 10.2. The number of unbranched alkanes of at least 4 members (excludes halogenated alkanes) is 1. The zero-order chi connectivity index (χ0) is 10.3. The maximum Gasteiger partial charge on any atom is 0.107 e. The predicted molar refractivity (Wildman–Crippen MR) is 60.4 cm³/mol. The average molecular weight is 204 g/mol. The summed E-state index contributed by atoms with van der Waals surface area (Å²) in [5.41, 5.74) is 4.33. The van der Waals surface area contributed by atoms with Crippen LogP contribution in [0.1, 0.15) is 18.5 Å². The number of aliphatic imine (C=N–C) groups is 1. The van der Waals surface area contributed by atoms with Crippen LogP contribution in [0.3, 0.4) is 0 Å². The molecule has 1 aliphatic heterocycles. The van der Waals surface area contributed by atoms with Gasteiger partial charge >= 0.3 is 0 Å². The maximum absolute atomic E-state index is 4.29. The van der Waals surface area contributed by atoms with Crippen molar-refractivity contribution in [3.63, 3.8) is 0 Å². The predicted octanol–water partition coefficient (Wildman–Crippen LogP) is 1.21. The zero-order valence-corrected chi connectivity index (χ0v) is 8.76. The lowest BCUT2D eigenvalue weighted by molar-refractivity contribution is 0.340. The van der Waals surface area contributed by atoms with Crippen LogP contribution in [0.5, 0.6) is 0 Å². The Morgan fingerprint density at radius 2 is 2.33 bits per heavy atom. The quantitative estimate of drug-likeness (QED) is 0.733. The number of nitrogens with one attached hydrogen (secondary N) is 1. The molecule has 1 aliphatic rings. The van der Waals surface area contributed by atoms with E-state index in [1.165, 1.54) is 12.1 Å². The van der Waals surface area contributed by atoms with Gasteiger partial charge < -0.3 is 0 Å². The molecule has 0 aliphatic carbocycles. The molecule has 4 nitrogen and oxygen atoms in total. The number of pyridine rings is 1. The number of hydrazine groups is 1. The van der Waals surface area contributed by atoms with E-state index in [1.54, 1.807) is 0 Å². The molecule has 0 bridgehead atoms. The summed E-state index contributed by atoms with van der Waals surface area (Å²) in [5.74, 6) is 0. The van der Waals surface area contributed by atoms with Gasteiger partial charge in [0, 0.05) is 18.4 Å². The molecule has 0 saturated heterocycles. The monoisotopic (exact) mass is 204 g/mol. The highest BCUT2D eigenvalue weighted by molar-refractivity contribution is 5.55. The number of aryl methyl sites for hydroxylation is 1. The van der Waals surface area contributed by atoms with Crippen LogP contribution in [0.2, 0.25) is 0 Å². The summed E-state index contributed by atoms with van der Waals surface area (Å²) in [7, 11) is 0. The summed E-state index contributed by atoms with van der Waals surface area (Å²) >= 11 is 0. The number of rotatable bonds is 5. The first kappa shape index (κ1) is 10.1. The Morgan fingerprint density at radius 1 is 1.33 bits per heavy atom. The Labute approximate surface area is 90.0 Å². The van der Waals surface area contributed by atoms with Crippen molar-refractivity contribution < 1.29 is 0 Å². The van der Waals surface area contributed by atoms with Crippen molar-refractivity contribution in [3.05, 3.63) is 30.1 Å². The van der Waals surface area contributed by atoms with E-state index in [0.717, 1.165) is 26.1 Å². The van der Waals surface area contributed by atoms with Gasteiger partial charge in [-0.15, -0.1) is 0 Å². The Morgan fingerprint density at radius 3 is 3.07 bits per heavy atom. The van der Waals surface area contributed by atoms with Gasteiger partial charge in [-0.2, -0.15) is 0 Å². The van der Waals surface area contributed by atoms with Crippen molar-refractivity contribution in [2.75, 3.05) is 13.2 Å². The first-order chi connectivity index (χ1) is 7.45. The number of hydrogen-bond acceptors (Lipinski definition) is 4. The minimum absolute atomic E-state index is 0.722. The fourth-order valence-electron chi connectivity index (χ4n) is 1.58. The van der Waals surface area contributed by atoms with Gasteiger partial charge in [0.1, 0.15) is 13.0 Å². The van der Waals surface area contributed by atoms with Crippen molar-refractivity contribution in [1.82, 2.24) is 15.4 Å². The van der Waals surface area contributed by atoms with Gasteiger partial charge in [0.2, 0.25) is 0 Å². The molecular weight excluding hydrogens is 188 g/mol. The molecule has 80 valence electrons. The van der Waals surface area contributed by atoms with Gasteiger partial charge in [-0.25, -0.2) is 5.43 Å². The minimum Gasteiger partial charge on any atom is -0.297 e. The van der Waals surface area contributed by atoms with E-state index in [1.807, 2.05) is 29.7 Å². The van der Waals surface area contributed by atoms with Crippen LogP contribution < -0.4 is 5.43 Å². The van der Waals surface area contributed by atoms with Gasteiger partial charge in [0.25, 0.3) is 0 Å². The second-order valence-electron chi connectivity index (χ2n) is 3.59. The minimum atomic E-state index is 0.722. The highest BCUT2D eigenvalue weighted by Crippen LogP contribution is 2.02. The van der Waals surface area contributed by atoms with Crippen molar-refractivity contribution in [1.29, 1.82) is 0 Å². The van der Waals surface area contributed by atoms with Crippen molar-refractivity contribution >= 4 is 6.34 Å². The summed E-state index contributed by atoms with van der Waals surface area (Å²) in [4.78, 5) is 8.37. The molecule has 1 aromatic heterocycles. The van der Waals surface area contributed by atoms with Crippen LogP contribution in [0, 0.1) is 0 Å². The van der Waals surface area contributed by atoms with E-state index < -0.39 is 0 Å². The van der Waals surface area contributed by atoms with Gasteiger partial charge in [-0.05, 0) is 31.4 Å². The van der Waals surface area contributed by atoms with Crippen molar-refractivity contribution in [2.45, 2.75) is 19.3 Å². The Balaban J connectivity index is 1.61. The van der Waals surface area contributed by atoms with E-state index in [4.69, 9.17) is 0 Å². The van der Waals surface area contributed by atoms with Gasteiger partial charge in [-0.1, -0.05) is 6.07 Å². The zero-order valence-electron chi connectivity index (χ0n) is 8.76. The molecule has 0 radical (unpaired) electrons. The Kier molecular flexibility index (Phi) is 3.68. The molecule has 1 aromatic rings. The average Bonchev–Trinajstić information content (AvgIpc) is 2.79. The standard InChI is InChI=1S/C11H16N4/c1-3-7-13-11(5-1)6-2-4-8-15-10-12-9-14-15/h1,3,5,7,10,14H,2,4,6,8-9H2. The normalized spacial score (nSPS) is 14.8. The molecule has 0 aromatic carbocycles. The van der Waals surface area contributed by atoms with Gasteiger partial charge in [0.15, 0.2) is 0 Å². The molecule has 0 saturated carbocycles. The molecular formula is C11H16N4. The molecule has 0 unspecified atom stereocenters. The van der Waals surface area contributed by atoms with Crippen LogP contribution in [-0.2, 0) is 6.42 Å². The third kappa shape index (κ3) is 3.32. The summed E-state index contributed by atoms with van der Waals surface area (Å²) in [6.45, 7) is 1.75. The van der Waals surface area contributed by atoms with Gasteiger partial charge in [-0.3, -0.25) is 15.0 Å². The van der Waals surface area contributed by atoms with Crippen molar-refractivity contribution in [3.8, 4) is 0 Å². The highest BCUT2D eigenvalue weighted by atomic mass is 15.6. The summed E-state index contributed by atoms with van der Waals surface area (Å²) in [6, 6.07) is 6.07. The molecule has 0 fully saturated rings. The molecule has 0 amide bonds. The molecule has 0 spiro atoms. The molecule has 1 N–H and O–H groups in total. The maximum atomic E-state index is 4.29. The van der Waals surface area contributed by atoms with Gasteiger partial charge in [0.05, 0.1) is 0 Å². The van der Waals surface area contributed by atoms with E-state index in [-0.39, 0.29) is 0 Å². The second-order valence-corrected chi connectivity index (χ2v) is 3.59. The van der Waals surface area contributed by atoms with E-state index in [2.05, 4.69) is 21.5 Å². The van der Waals surface area contributed by atoms with Crippen LogP contribution in [-0.4, -0.2) is 29.5 Å². The van der Waals surface area contributed by atoms with E-state index >= 15 is 0 Å². The van der Waals surface area contributed by atoms with Crippen LogP contribution in [0.4, 0.5) is 0 Å². The largest absolute Gasteiger partial charge is 0.297 e. The first-order valence-corrected chi connectivity index (χ1v) is 5.35. The number of nitrogens with zero attached hydrogens (tertiary/aromatic N) is 3. The summed E-state index contributed by atoms with van der Waals surface area (Å²) in [6.07, 6.45) is 7.11. The third-order valence-corrected chi connectivity index (χ3v) is 2.39. The molecule has 0 atom stereocenters. The van der Waals surface area contributed by atoms with E-state index in [0.29, 0.717) is 0 Å². The van der Waals surface area contributed by atoms with Crippen LogP contribution in [0.25, 0.3) is 0 Å². The fraction of sp³-hybridized carbons (Fsp3) is 0.455. The number of aromatic nitrogens is 1. The smallest absolute Gasteiger partial charge is 0.107 e. The molecule has 15 heavy (non-hydrogen) atoms. The van der Waals surface area contributed by atoms with Crippen molar-refractivity contribution in [2.24, 2.45) is 4.99 Å². The number of hydrogen-bond donors (Lipinski definition) is 1. The third-order valence-electron chi connectivity index (χ3n) is 2.39. The SMILES string of the molecule is C1=NCNN1CCCCc1ccccn1. The topological polar surface area (TPSA) is 40.5 Å². The molecule has 4 heteroatoms.